The largest absolute Gasteiger partial charge is 0.377 e. The van der Waals surface area contributed by atoms with E-state index in [1.165, 1.54) is 11.4 Å². The van der Waals surface area contributed by atoms with Gasteiger partial charge in [0.1, 0.15) is 5.60 Å². The minimum absolute atomic E-state index is 0.836. The molecule has 0 amide bonds. The van der Waals surface area contributed by atoms with Gasteiger partial charge in [-0.25, -0.2) is 0 Å². The predicted octanol–water partition coefficient (Wildman–Crippen LogP) is 10.00. The zero-order chi connectivity index (χ0) is 36.1. The molecule has 5 heteroatoms. The molecule has 4 rings (SSSR count). The van der Waals surface area contributed by atoms with Gasteiger partial charge in [0.25, 0.3) is 0 Å². The van der Waals surface area contributed by atoms with E-state index in [-0.39, 0.29) is 0 Å². The molecule has 0 radical (unpaired) electrons. The van der Waals surface area contributed by atoms with Gasteiger partial charge in [0, 0.05) is 75.1 Å². The molecule has 0 unspecified atom stereocenters. The molecule has 0 fully saturated rings. The van der Waals surface area contributed by atoms with Crippen molar-refractivity contribution in [2.24, 2.45) is 0 Å². The number of allylic oxidation sites excluding steroid dienone is 2. The quantitative estimate of drug-likeness (QED) is 0.106. The van der Waals surface area contributed by atoms with Crippen molar-refractivity contribution >= 4 is 28.3 Å². The van der Waals surface area contributed by atoms with E-state index in [1.807, 2.05) is 12.2 Å². The summed E-state index contributed by atoms with van der Waals surface area (Å²) >= 11 is 0. The van der Waals surface area contributed by atoms with Crippen LogP contribution >= 0.6 is 0 Å². The van der Waals surface area contributed by atoms with E-state index < -0.39 is 5.60 Å². The molecule has 0 aliphatic rings. The van der Waals surface area contributed by atoms with Gasteiger partial charge in [-0.05, 0) is 138 Å². The molecule has 0 aliphatic heterocycles. The maximum absolute atomic E-state index is 12.6. The van der Waals surface area contributed by atoms with Crippen molar-refractivity contribution in [2.45, 2.75) is 61.0 Å². The molecule has 0 saturated carbocycles. The summed E-state index contributed by atoms with van der Waals surface area (Å²) in [5, 5.41) is 12.6. The number of anilines is 4. The molecular weight excluding hydrogens is 613 g/mol. The van der Waals surface area contributed by atoms with Crippen LogP contribution in [0.2, 0.25) is 0 Å². The fourth-order valence-corrected chi connectivity index (χ4v) is 6.91. The topological polar surface area (TPSA) is 33.2 Å². The molecule has 0 atom stereocenters. The first-order chi connectivity index (χ1) is 24.3. The first-order valence-electron chi connectivity index (χ1n) is 18.8. The molecule has 1 N–H and O–H groups in total. The van der Waals surface area contributed by atoms with Crippen molar-refractivity contribution in [1.82, 2.24) is 0 Å². The maximum atomic E-state index is 12.6. The van der Waals surface area contributed by atoms with Gasteiger partial charge in [0.2, 0.25) is 0 Å². The van der Waals surface area contributed by atoms with Crippen LogP contribution in [0.25, 0.3) is 5.57 Å². The van der Waals surface area contributed by atoms with Gasteiger partial charge < -0.3 is 24.7 Å². The Balaban J connectivity index is 1.83. The molecular formula is C45H60N4O. The van der Waals surface area contributed by atoms with Crippen molar-refractivity contribution in [3.8, 4) is 0 Å². The molecule has 0 aliphatic carbocycles. The van der Waals surface area contributed by atoms with Gasteiger partial charge in [0.05, 0.1) is 0 Å². The standard InChI is InChI=1S/C45H60N4O/c1-9-46(10-2)40-27-19-36(20-28-40)44(37-21-29-41(30-22-37)47(11-3)12-4)18-17-35-45(50,38-23-31-42(32-24-38)48(13-5)14-6)39-25-33-43(34-26-39)49(15-7)16-8/h17-35,50H,9-16H2,1-8H3/b35-17+. The molecule has 0 saturated heterocycles. The highest BCUT2D eigenvalue weighted by atomic mass is 16.3. The highest BCUT2D eigenvalue weighted by Crippen LogP contribution is 2.35. The van der Waals surface area contributed by atoms with Gasteiger partial charge in [0.15, 0.2) is 0 Å². The number of benzene rings is 4. The van der Waals surface area contributed by atoms with Crippen molar-refractivity contribution in [3.63, 3.8) is 0 Å². The minimum atomic E-state index is -1.33. The second kappa shape index (κ2) is 18.5. The number of rotatable bonds is 18. The summed E-state index contributed by atoms with van der Waals surface area (Å²) in [4.78, 5) is 9.37. The minimum Gasteiger partial charge on any atom is -0.377 e. The van der Waals surface area contributed by atoms with Crippen LogP contribution in [0.1, 0.15) is 77.6 Å². The summed E-state index contributed by atoms with van der Waals surface area (Å²) in [5.41, 5.74) is 8.48. The van der Waals surface area contributed by atoms with Crippen molar-refractivity contribution < 1.29 is 5.11 Å². The van der Waals surface area contributed by atoms with E-state index in [0.717, 1.165) is 91.6 Å². The zero-order valence-corrected chi connectivity index (χ0v) is 31.9. The Labute approximate surface area is 303 Å². The zero-order valence-electron chi connectivity index (χ0n) is 31.9. The average molecular weight is 673 g/mol. The molecule has 266 valence electrons. The molecule has 0 bridgehead atoms. The normalized spacial score (nSPS) is 11.5. The molecule has 4 aromatic carbocycles. The van der Waals surface area contributed by atoms with E-state index >= 15 is 0 Å². The third-order valence-electron chi connectivity index (χ3n) is 10.1. The molecule has 0 spiro atoms. The second-order valence-electron chi connectivity index (χ2n) is 12.6. The Morgan fingerprint density at radius 2 is 0.700 bits per heavy atom. The Bertz CT molecular complexity index is 1510. The number of hydrogen-bond donors (Lipinski definition) is 1. The molecule has 50 heavy (non-hydrogen) atoms. The Kier molecular flexibility index (Phi) is 14.2. The van der Waals surface area contributed by atoms with Gasteiger partial charge >= 0.3 is 0 Å². The third kappa shape index (κ3) is 8.81. The predicted molar refractivity (Wildman–Crippen MR) is 219 cm³/mol. The SMILES string of the molecule is CCN(CC)c1ccc(C(=C/C=C/C(O)(c2ccc(N(CC)CC)cc2)c2ccc(N(CC)CC)cc2)c2ccc(N(CC)CC)cc2)cc1. The van der Waals surface area contributed by atoms with Gasteiger partial charge in [-0.2, -0.15) is 0 Å². The first-order valence-corrected chi connectivity index (χ1v) is 18.8. The third-order valence-corrected chi connectivity index (χ3v) is 10.1. The fraction of sp³-hybridized carbons (Fsp3) is 0.378. The van der Waals surface area contributed by atoms with Crippen molar-refractivity contribution in [3.05, 3.63) is 138 Å². The van der Waals surface area contributed by atoms with Gasteiger partial charge in [-0.1, -0.05) is 60.7 Å². The van der Waals surface area contributed by atoms with Crippen LogP contribution in [0, 0.1) is 0 Å². The summed E-state index contributed by atoms with van der Waals surface area (Å²) in [6, 6.07) is 34.5. The lowest BCUT2D eigenvalue weighted by Gasteiger charge is -2.29. The van der Waals surface area contributed by atoms with Gasteiger partial charge in [-0.15, -0.1) is 0 Å². The first kappa shape index (κ1) is 38.3. The maximum Gasteiger partial charge on any atom is 0.133 e. The van der Waals surface area contributed by atoms with Crippen LogP contribution in [0.3, 0.4) is 0 Å². The van der Waals surface area contributed by atoms with Crippen LogP contribution in [0.5, 0.6) is 0 Å². The smallest absolute Gasteiger partial charge is 0.133 e. The lowest BCUT2D eigenvalue weighted by atomic mass is 9.85. The molecule has 4 aromatic rings. The van der Waals surface area contributed by atoms with Crippen LogP contribution in [-0.4, -0.2) is 57.5 Å². The van der Waals surface area contributed by atoms with Crippen molar-refractivity contribution in [2.75, 3.05) is 72.0 Å². The van der Waals surface area contributed by atoms with Gasteiger partial charge in [-0.3, -0.25) is 0 Å². The highest BCUT2D eigenvalue weighted by Gasteiger charge is 2.29. The molecule has 0 aromatic heterocycles. The lowest BCUT2D eigenvalue weighted by Crippen LogP contribution is -2.26. The van der Waals surface area contributed by atoms with Crippen LogP contribution in [-0.2, 0) is 5.60 Å². The summed E-state index contributed by atoms with van der Waals surface area (Å²) < 4.78 is 0. The van der Waals surface area contributed by atoms with Crippen LogP contribution < -0.4 is 19.6 Å². The Morgan fingerprint density at radius 1 is 0.440 bits per heavy atom. The van der Waals surface area contributed by atoms with Crippen molar-refractivity contribution in [1.29, 1.82) is 0 Å². The number of hydrogen-bond acceptors (Lipinski definition) is 5. The molecule has 5 nitrogen and oxygen atoms in total. The lowest BCUT2D eigenvalue weighted by molar-refractivity contribution is 0.134. The summed E-state index contributed by atoms with van der Waals surface area (Å²) in [5.74, 6) is 0. The summed E-state index contributed by atoms with van der Waals surface area (Å²) in [6.07, 6.45) is 6.13. The Hall–Kier alpha value is -4.48. The fourth-order valence-electron chi connectivity index (χ4n) is 6.91. The molecule has 0 heterocycles. The highest BCUT2D eigenvalue weighted by molar-refractivity contribution is 5.82. The summed E-state index contributed by atoms with van der Waals surface area (Å²) in [7, 11) is 0. The number of nitrogens with zero attached hydrogens (tertiary/aromatic N) is 4. The monoisotopic (exact) mass is 672 g/mol. The second-order valence-corrected chi connectivity index (χ2v) is 12.6. The van der Waals surface area contributed by atoms with E-state index in [2.05, 4.69) is 178 Å². The van der Waals surface area contributed by atoms with E-state index in [4.69, 9.17) is 0 Å². The summed E-state index contributed by atoms with van der Waals surface area (Å²) in [6.45, 7) is 25.1. The van der Waals surface area contributed by atoms with E-state index in [1.54, 1.807) is 0 Å². The van der Waals surface area contributed by atoms with Crippen LogP contribution in [0.15, 0.2) is 115 Å². The Morgan fingerprint density at radius 3 is 0.960 bits per heavy atom. The van der Waals surface area contributed by atoms with E-state index in [0.29, 0.717) is 0 Å². The average Bonchev–Trinajstić information content (AvgIpc) is 3.16. The number of aliphatic hydroxyl groups is 1. The van der Waals surface area contributed by atoms with Crippen LogP contribution in [0.4, 0.5) is 22.7 Å². The van der Waals surface area contributed by atoms with E-state index in [9.17, 15) is 5.11 Å².